The highest BCUT2D eigenvalue weighted by Crippen LogP contribution is 2.26. The molecule has 0 aliphatic heterocycles. The van der Waals surface area contributed by atoms with Crippen molar-refractivity contribution in [2.24, 2.45) is 0 Å². The third-order valence-corrected chi connectivity index (χ3v) is 5.19. The Hall–Kier alpha value is -2.77. The molecule has 0 fully saturated rings. The molecule has 1 atom stereocenters. The van der Waals surface area contributed by atoms with Crippen molar-refractivity contribution in [3.63, 3.8) is 0 Å². The standard InChI is InChI=1S/C20H15BrClN5O/c1-12(25-18-14(21)10-23-11-24-18)19-26-16-9-5-8-15(22)17(16)20(28)27(19)13-6-3-2-4-7-13/h2-12H,1H3,(H,23,24,25). The Morgan fingerprint density at radius 1 is 1.14 bits per heavy atom. The van der Waals surface area contributed by atoms with Gasteiger partial charge < -0.3 is 5.32 Å². The van der Waals surface area contributed by atoms with Crippen molar-refractivity contribution in [1.29, 1.82) is 0 Å². The monoisotopic (exact) mass is 455 g/mol. The van der Waals surface area contributed by atoms with Crippen LogP contribution in [0.25, 0.3) is 16.6 Å². The predicted molar refractivity (Wildman–Crippen MR) is 114 cm³/mol. The Bertz CT molecular complexity index is 1210. The molecule has 1 unspecified atom stereocenters. The number of anilines is 1. The first-order valence-corrected chi connectivity index (χ1v) is 9.72. The lowest BCUT2D eigenvalue weighted by atomic mass is 10.2. The molecule has 0 amide bonds. The van der Waals surface area contributed by atoms with Gasteiger partial charge in [-0.2, -0.15) is 0 Å². The van der Waals surface area contributed by atoms with Crippen LogP contribution in [0.4, 0.5) is 5.82 Å². The van der Waals surface area contributed by atoms with Gasteiger partial charge in [-0.05, 0) is 47.1 Å². The van der Waals surface area contributed by atoms with Crippen LogP contribution in [0, 0.1) is 0 Å². The molecule has 6 nitrogen and oxygen atoms in total. The number of benzene rings is 2. The second kappa shape index (κ2) is 7.69. The summed E-state index contributed by atoms with van der Waals surface area (Å²) >= 11 is 9.74. The van der Waals surface area contributed by atoms with E-state index in [0.717, 1.165) is 4.47 Å². The average Bonchev–Trinajstić information content (AvgIpc) is 2.70. The maximum absolute atomic E-state index is 13.4. The normalized spacial score (nSPS) is 12.1. The van der Waals surface area contributed by atoms with Crippen molar-refractivity contribution in [3.05, 3.63) is 86.7 Å². The third kappa shape index (κ3) is 3.39. The van der Waals surface area contributed by atoms with E-state index in [9.17, 15) is 4.79 Å². The van der Waals surface area contributed by atoms with Gasteiger partial charge >= 0.3 is 0 Å². The van der Waals surface area contributed by atoms with Gasteiger partial charge in [0.15, 0.2) is 0 Å². The van der Waals surface area contributed by atoms with Gasteiger partial charge in [-0.25, -0.2) is 15.0 Å². The summed E-state index contributed by atoms with van der Waals surface area (Å²) in [5.74, 6) is 1.17. The largest absolute Gasteiger partial charge is 0.359 e. The summed E-state index contributed by atoms with van der Waals surface area (Å²) < 4.78 is 2.31. The number of hydrogen-bond acceptors (Lipinski definition) is 5. The number of para-hydroxylation sites is 1. The molecule has 0 saturated heterocycles. The lowest BCUT2D eigenvalue weighted by molar-refractivity contribution is 0.730. The third-order valence-electron chi connectivity index (χ3n) is 4.30. The first-order valence-electron chi connectivity index (χ1n) is 8.55. The number of aromatic nitrogens is 4. The van der Waals surface area contributed by atoms with Crippen molar-refractivity contribution in [2.75, 3.05) is 5.32 Å². The smallest absolute Gasteiger partial charge is 0.267 e. The Kier molecular flexibility index (Phi) is 5.11. The van der Waals surface area contributed by atoms with E-state index in [0.29, 0.717) is 33.3 Å². The predicted octanol–water partition coefficient (Wildman–Crippen LogP) is 4.76. The fraction of sp³-hybridized carbons (Fsp3) is 0.100. The van der Waals surface area contributed by atoms with E-state index in [4.69, 9.17) is 16.6 Å². The van der Waals surface area contributed by atoms with Gasteiger partial charge in [-0.15, -0.1) is 0 Å². The SMILES string of the molecule is CC(Nc1ncncc1Br)c1nc2cccc(Cl)c2c(=O)n1-c1ccccc1. The first-order chi connectivity index (χ1) is 13.6. The Morgan fingerprint density at radius 2 is 1.93 bits per heavy atom. The van der Waals surface area contributed by atoms with Crippen LogP contribution < -0.4 is 10.9 Å². The molecule has 1 N–H and O–H groups in total. The van der Waals surface area contributed by atoms with E-state index in [1.54, 1.807) is 29.0 Å². The fourth-order valence-electron chi connectivity index (χ4n) is 3.01. The zero-order valence-corrected chi connectivity index (χ0v) is 17.1. The minimum Gasteiger partial charge on any atom is -0.359 e. The Labute approximate surface area is 174 Å². The van der Waals surface area contributed by atoms with Crippen molar-refractivity contribution >= 4 is 44.3 Å². The van der Waals surface area contributed by atoms with Gasteiger partial charge in [0.05, 0.1) is 32.1 Å². The average molecular weight is 457 g/mol. The molecule has 0 spiro atoms. The van der Waals surface area contributed by atoms with E-state index in [2.05, 4.69) is 31.2 Å². The maximum atomic E-state index is 13.4. The summed E-state index contributed by atoms with van der Waals surface area (Å²) in [5, 5.41) is 4.07. The maximum Gasteiger partial charge on any atom is 0.267 e. The van der Waals surface area contributed by atoms with Crippen molar-refractivity contribution in [2.45, 2.75) is 13.0 Å². The van der Waals surface area contributed by atoms with Gasteiger partial charge in [0.25, 0.3) is 5.56 Å². The van der Waals surface area contributed by atoms with E-state index < -0.39 is 0 Å². The molecular weight excluding hydrogens is 442 g/mol. The summed E-state index contributed by atoms with van der Waals surface area (Å²) in [6, 6.07) is 14.3. The lowest BCUT2D eigenvalue weighted by Crippen LogP contribution is -2.27. The highest BCUT2D eigenvalue weighted by molar-refractivity contribution is 9.10. The molecule has 4 aromatic rings. The van der Waals surface area contributed by atoms with Gasteiger partial charge in [-0.1, -0.05) is 35.9 Å². The van der Waals surface area contributed by atoms with Crippen LogP contribution in [-0.2, 0) is 0 Å². The second-order valence-electron chi connectivity index (χ2n) is 6.17. The van der Waals surface area contributed by atoms with Gasteiger partial charge in [0.1, 0.15) is 18.0 Å². The van der Waals surface area contributed by atoms with E-state index >= 15 is 0 Å². The molecular formula is C20H15BrClN5O. The highest BCUT2D eigenvalue weighted by atomic mass is 79.9. The van der Waals surface area contributed by atoms with Crippen molar-refractivity contribution in [3.8, 4) is 5.69 Å². The molecule has 0 saturated carbocycles. The summed E-state index contributed by atoms with van der Waals surface area (Å²) in [5.41, 5.74) is 1.05. The van der Waals surface area contributed by atoms with E-state index in [1.165, 1.54) is 6.33 Å². The molecule has 0 aliphatic rings. The van der Waals surface area contributed by atoms with Crippen LogP contribution in [0.5, 0.6) is 0 Å². The van der Waals surface area contributed by atoms with Gasteiger partial charge in [0, 0.05) is 6.20 Å². The summed E-state index contributed by atoms with van der Waals surface area (Å²) in [4.78, 5) is 26.3. The number of rotatable bonds is 4. The first kappa shape index (κ1) is 18.6. The van der Waals surface area contributed by atoms with Gasteiger partial charge in [-0.3, -0.25) is 9.36 Å². The minimum absolute atomic E-state index is 0.216. The number of nitrogens with one attached hydrogen (secondary N) is 1. The Morgan fingerprint density at radius 3 is 2.68 bits per heavy atom. The Balaban J connectivity index is 1.94. The molecule has 2 aromatic heterocycles. The number of halogens is 2. The second-order valence-corrected chi connectivity index (χ2v) is 7.43. The van der Waals surface area contributed by atoms with Crippen LogP contribution in [0.1, 0.15) is 18.8 Å². The van der Waals surface area contributed by atoms with E-state index in [-0.39, 0.29) is 11.6 Å². The highest BCUT2D eigenvalue weighted by Gasteiger charge is 2.20. The molecule has 2 heterocycles. The van der Waals surface area contributed by atoms with Crippen molar-refractivity contribution < 1.29 is 0 Å². The summed E-state index contributed by atoms with van der Waals surface area (Å²) in [6.07, 6.45) is 3.11. The van der Waals surface area contributed by atoms with Crippen LogP contribution in [0.2, 0.25) is 5.02 Å². The minimum atomic E-state index is -0.317. The molecule has 2 aromatic carbocycles. The van der Waals surface area contributed by atoms with Crippen LogP contribution in [0.3, 0.4) is 0 Å². The fourth-order valence-corrected chi connectivity index (χ4v) is 3.60. The summed E-state index contributed by atoms with van der Waals surface area (Å²) in [7, 11) is 0. The summed E-state index contributed by atoms with van der Waals surface area (Å²) in [6.45, 7) is 1.92. The van der Waals surface area contributed by atoms with Crippen LogP contribution in [-0.4, -0.2) is 19.5 Å². The molecule has 140 valence electrons. The molecule has 4 rings (SSSR count). The van der Waals surface area contributed by atoms with E-state index in [1.807, 2.05) is 37.3 Å². The topological polar surface area (TPSA) is 72.7 Å². The van der Waals surface area contributed by atoms with Crippen LogP contribution in [0.15, 0.2) is 70.3 Å². The zero-order valence-electron chi connectivity index (χ0n) is 14.8. The molecule has 0 radical (unpaired) electrons. The van der Waals surface area contributed by atoms with Crippen molar-refractivity contribution in [1.82, 2.24) is 19.5 Å². The molecule has 8 heteroatoms. The quantitative estimate of drug-likeness (QED) is 0.479. The molecule has 0 bridgehead atoms. The van der Waals surface area contributed by atoms with Crippen LogP contribution >= 0.6 is 27.5 Å². The number of hydrogen-bond donors (Lipinski definition) is 1. The number of nitrogens with zero attached hydrogens (tertiary/aromatic N) is 4. The molecule has 0 aliphatic carbocycles. The van der Waals surface area contributed by atoms with Gasteiger partial charge in [0.2, 0.25) is 0 Å². The lowest BCUT2D eigenvalue weighted by Gasteiger charge is -2.20. The zero-order chi connectivity index (χ0) is 19.7. The number of fused-ring (bicyclic) bond motifs is 1. The molecule has 28 heavy (non-hydrogen) atoms.